The van der Waals surface area contributed by atoms with E-state index in [9.17, 15) is 4.79 Å². The molecular weight excluding hydrogens is 322 g/mol. The first-order valence-electron chi connectivity index (χ1n) is 9.56. The van der Waals surface area contributed by atoms with E-state index >= 15 is 0 Å². The number of hydrogen-bond donors (Lipinski definition) is 2. The maximum absolute atomic E-state index is 12.5. The van der Waals surface area contributed by atoms with Crippen molar-refractivity contribution in [3.8, 4) is 0 Å². The second-order valence-corrected chi connectivity index (χ2v) is 7.40. The van der Waals surface area contributed by atoms with Crippen LogP contribution in [0.15, 0.2) is 42.5 Å². The number of quaternary nitrogens is 1. The molecule has 0 aromatic heterocycles. The summed E-state index contributed by atoms with van der Waals surface area (Å²) in [6, 6.07) is 14.9. The molecule has 0 bridgehead atoms. The van der Waals surface area contributed by atoms with Crippen LogP contribution in [0.4, 0.5) is 11.4 Å². The molecule has 1 unspecified atom stereocenters. The molecule has 26 heavy (non-hydrogen) atoms. The SMILES string of the molecule is CC[NH+](CC(=O)Nc1ccc2c(c1)CCC2)Cc1ccc(N(C)C)cc1. The third-order valence-electron chi connectivity index (χ3n) is 5.20. The molecule has 138 valence electrons. The highest BCUT2D eigenvalue weighted by atomic mass is 16.2. The van der Waals surface area contributed by atoms with Gasteiger partial charge < -0.3 is 15.1 Å². The molecule has 1 aliphatic carbocycles. The third-order valence-corrected chi connectivity index (χ3v) is 5.20. The summed E-state index contributed by atoms with van der Waals surface area (Å²) >= 11 is 0. The fourth-order valence-electron chi connectivity index (χ4n) is 3.59. The molecule has 2 aromatic rings. The standard InChI is InChI=1S/C22H29N3O/c1-4-25(15-17-8-12-21(13-9-17)24(2)3)16-22(26)23-20-11-10-18-6-5-7-19(18)14-20/h8-14H,4-7,15-16H2,1-3H3,(H,23,26)/p+1. The van der Waals surface area contributed by atoms with Gasteiger partial charge in [-0.2, -0.15) is 0 Å². The fourth-order valence-corrected chi connectivity index (χ4v) is 3.59. The highest BCUT2D eigenvalue weighted by molar-refractivity contribution is 5.91. The van der Waals surface area contributed by atoms with Crippen molar-refractivity contribution in [2.24, 2.45) is 0 Å². The number of carbonyl (C=O) groups is 1. The largest absolute Gasteiger partial charge is 0.378 e. The minimum absolute atomic E-state index is 0.0877. The smallest absolute Gasteiger partial charge is 0.279 e. The first kappa shape index (κ1) is 18.5. The number of likely N-dealkylation sites (N-methyl/N-ethyl adjacent to an activating group) is 1. The number of anilines is 2. The van der Waals surface area contributed by atoms with Gasteiger partial charge in [-0.3, -0.25) is 4.79 Å². The molecule has 0 heterocycles. The van der Waals surface area contributed by atoms with Crippen LogP contribution in [-0.4, -0.2) is 33.1 Å². The van der Waals surface area contributed by atoms with Gasteiger partial charge in [0.25, 0.3) is 5.91 Å². The average molecular weight is 353 g/mol. The van der Waals surface area contributed by atoms with Gasteiger partial charge in [0.2, 0.25) is 0 Å². The topological polar surface area (TPSA) is 36.8 Å². The van der Waals surface area contributed by atoms with E-state index in [1.54, 1.807) is 0 Å². The fraction of sp³-hybridized carbons (Fsp3) is 0.409. The summed E-state index contributed by atoms with van der Waals surface area (Å²) in [4.78, 5) is 15.8. The van der Waals surface area contributed by atoms with Crippen LogP contribution in [0.25, 0.3) is 0 Å². The monoisotopic (exact) mass is 352 g/mol. The predicted molar refractivity (Wildman–Crippen MR) is 108 cm³/mol. The quantitative estimate of drug-likeness (QED) is 0.802. The summed E-state index contributed by atoms with van der Waals surface area (Å²) in [6.07, 6.45) is 3.53. The number of fused-ring (bicyclic) bond motifs is 1. The number of benzene rings is 2. The first-order valence-corrected chi connectivity index (χ1v) is 9.56. The molecule has 2 aromatic carbocycles. The van der Waals surface area contributed by atoms with E-state index in [-0.39, 0.29) is 5.91 Å². The van der Waals surface area contributed by atoms with Crippen LogP contribution in [0.3, 0.4) is 0 Å². The predicted octanol–water partition coefficient (Wildman–Crippen LogP) is 2.28. The van der Waals surface area contributed by atoms with Gasteiger partial charge in [-0.1, -0.05) is 18.2 Å². The van der Waals surface area contributed by atoms with E-state index in [1.807, 2.05) is 20.2 Å². The molecule has 4 heteroatoms. The molecule has 0 fully saturated rings. The molecule has 2 N–H and O–H groups in total. The Morgan fingerprint density at radius 3 is 2.50 bits per heavy atom. The van der Waals surface area contributed by atoms with Gasteiger partial charge in [0.1, 0.15) is 6.54 Å². The Hall–Kier alpha value is -2.33. The van der Waals surface area contributed by atoms with Crippen LogP contribution in [0, 0.1) is 0 Å². The maximum Gasteiger partial charge on any atom is 0.279 e. The Morgan fingerprint density at radius 2 is 1.81 bits per heavy atom. The number of nitrogens with one attached hydrogen (secondary N) is 2. The van der Waals surface area contributed by atoms with Crippen LogP contribution in [0.5, 0.6) is 0 Å². The molecule has 0 radical (unpaired) electrons. The minimum atomic E-state index is 0.0877. The molecule has 3 rings (SSSR count). The lowest BCUT2D eigenvalue weighted by Crippen LogP contribution is -3.11. The van der Waals surface area contributed by atoms with Crippen molar-refractivity contribution in [1.29, 1.82) is 0 Å². The lowest BCUT2D eigenvalue weighted by atomic mass is 10.1. The molecule has 1 amide bonds. The summed E-state index contributed by atoms with van der Waals surface area (Å²) in [5, 5.41) is 3.08. The van der Waals surface area contributed by atoms with E-state index in [1.165, 1.54) is 40.1 Å². The molecule has 0 saturated heterocycles. The lowest BCUT2D eigenvalue weighted by Gasteiger charge is -2.18. The van der Waals surface area contributed by atoms with Gasteiger partial charge in [-0.25, -0.2) is 0 Å². The van der Waals surface area contributed by atoms with Crippen molar-refractivity contribution >= 4 is 17.3 Å². The summed E-state index contributed by atoms with van der Waals surface area (Å²) in [6.45, 7) is 4.41. The summed E-state index contributed by atoms with van der Waals surface area (Å²) in [5.41, 5.74) is 6.22. The molecule has 0 saturated carbocycles. The summed E-state index contributed by atoms with van der Waals surface area (Å²) in [7, 11) is 4.09. The minimum Gasteiger partial charge on any atom is -0.378 e. The summed E-state index contributed by atoms with van der Waals surface area (Å²) < 4.78 is 0. The van der Waals surface area contributed by atoms with E-state index in [2.05, 4.69) is 53.5 Å². The van der Waals surface area contributed by atoms with Crippen LogP contribution < -0.4 is 15.1 Å². The van der Waals surface area contributed by atoms with Gasteiger partial charge in [0.15, 0.2) is 6.54 Å². The highest BCUT2D eigenvalue weighted by Crippen LogP contribution is 2.24. The number of rotatable bonds is 7. The van der Waals surface area contributed by atoms with E-state index in [0.29, 0.717) is 6.54 Å². The Bertz CT molecular complexity index is 752. The zero-order chi connectivity index (χ0) is 18.5. The van der Waals surface area contributed by atoms with E-state index < -0.39 is 0 Å². The van der Waals surface area contributed by atoms with Gasteiger partial charge in [0.05, 0.1) is 6.54 Å². The van der Waals surface area contributed by atoms with Crippen molar-refractivity contribution in [2.75, 3.05) is 37.4 Å². The van der Waals surface area contributed by atoms with Crippen molar-refractivity contribution in [3.05, 3.63) is 59.2 Å². The van der Waals surface area contributed by atoms with Gasteiger partial charge in [-0.05, 0) is 61.6 Å². The Morgan fingerprint density at radius 1 is 1.08 bits per heavy atom. The van der Waals surface area contributed by atoms with Crippen LogP contribution >= 0.6 is 0 Å². The van der Waals surface area contributed by atoms with Crippen LogP contribution in [0.2, 0.25) is 0 Å². The zero-order valence-corrected chi connectivity index (χ0v) is 16.1. The normalized spacial score (nSPS) is 14.0. The Labute approximate surface area is 156 Å². The number of carbonyl (C=O) groups excluding carboxylic acids is 1. The van der Waals surface area contributed by atoms with Crippen LogP contribution in [-0.2, 0) is 24.2 Å². The third kappa shape index (κ3) is 4.64. The molecule has 0 spiro atoms. The molecule has 0 aliphatic heterocycles. The second kappa shape index (κ2) is 8.37. The van der Waals surface area contributed by atoms with E-state index in [4.69, 9.17) is 0 Å². The summed E-state index contributed by atoms with van der Waals surface area (Å²) in [5.74, 6) is 0.0877. The molecular formula is C22H30N3O+. The first-order chi connectivity index (χ1) is 12.5. The molecule has 1 atom stereocenters. The zero-order valence-electron chi connectivity index (χ0n) is 16.1. The van der Waals surface area contributed by atoms with Crippen LogP contribution in [0.1, 0.15) is 30.0 Å². The number of nitrogens with zero attached hydrogens (tertiary/aromatic N) is 1. The van der Waals surface area contributed by atoms with Crippen molar-refractivity contribution < 1.29 is 9.69 Å². The highest BCUT2D eigenvalue weighted by Gasteiger charge is 2.15. The van der Waals surface area contributed by atoms with Crippen molar-refractivity contribution in [2.45, 2.75) is 32.7 Å². The number of hydrogen-bond acceptors (Lipinski definition) is 2. The van der Waals surface area contributed by atoms with Crippen molar-refractivity contribution in [1.82, 2.24) is 0 Å². The Kier molecular flexibility index (Phi) is 5.94. The van der Waals surface area contributed by atoms with E-state index in [0.717, 1.165) is 25.2 Å². The van der Waals surface area contributed by atoms with Gasteiger partial charge in [0, 0.05) is 31.0 Å². The lowest BCUT2D eigenvalue weighted by molar-refractivity contribution is -0.903. The average Bonchev–Trinajstić information content (AvgIpc) is 3.09. The second-order valence-electron chi connectivity index (χ2n) is 7.40. The van der Waals surface area contributed by atoms with Gasteiger partial charge in [-0.15, -0.1) is 0 Å². The maximum atomic E-state index is 12.5. The number of amides is 1. The number of aryl methyl sites for hydroxylation is 2. The van der Waals surface area contributed by atoms with Crippen molar-refractivity contribution in [3.63, 3.8) is 0 Å². The molecule has 1 aliphatic rings. The Balaban J connectivity index is 1.56. The van der Waals surface area contributed by atoms with Gasteiger partial charge >= 0.3 is 0 Å². The molecule has 4 nitrogen and oxygen atoms in total.